The Balaban J connectivity index is 2.04. The first kappa shape index (κ1) is 18.0. The first-order chi connectivity index (χ1) is 11.7. The van der Waals surface area contributed by atoms with Crippen LogP contribution < -0.4 is 18.9 Å². The highest BCUT2D eigenvalue weighted by molar-refractivity contribution is 5.42. The highest BCUT2D eigenvalue weighted by Crippen LogP contribution is 2.28. The van der Waals surface area contributed by atoms with E-state index in [1.807, 2.05) is 31.2 Å². The molecule has 0 aromatic heterocycles. The maximum atomic E-state index is 5.74. The second kappa shape index (κ2) is 9.06. The van der Waals surface area contributed by atoms with Gasteiger partial charge in [-0.15, -0.1) is 0 Å². The molecule has 0 saturated heterocycles. The number of hydrogen-bond donors (Lipinski definition) is 0. The van der Waals surface area contributed by atoms with E-state index in [1.54, 1.807) is 21.3 Å². The normalized spacial score (nSPS) is 10.3. The van der Waals surface area contributed by atoms with Crippen LogP contribution in [0.4, 0.5) is 0 Å². The highest BCUT2D eigenvalue weighted by atomic mass is 16.5. The van der Waals surface area contributed by atoms with Crippen molar-refractivity contribution in [1.29, 1.82) is 0 Å². The lowest BCUT2D eigenvalue weighted by Crippen LogP contribution is -1.99. The van der Waals surface area contributed by atoms with Crippen molar-refractivity contribution in [3.8, 4) is 23.0 Å². The van der Waals surface area contributed by atoms with E-state index in [1.165, 1.54) is 11.1 Å². The summed E-state index contributed by atoms with van der Waals surface area (Å²) in [4.78, 5) is 0. The van der Waals surface area contributed by atoms with E-state index in [2.05, 4.69) is 12.1 Å². The number of hydrogen-bond acceptors (Lipinski definition) is 4. The van der Waals surface area contributed by atoms with Gasteiger partial charge in [-0.05, 0) is 49.4 Å². The summed E-state index contributed by atoms with van der Waals surface area (Å²) in [5.41, 5.74) is 2.38. The first-order valence-electron chi connectivity index (χ1n) is 8.22. The van der Waals surface area contributed by atoms with E-state index >= 15 is 0 Å². The van der Waals surface area contributed by atoms with Crippen LogP contribution in [-0.2, 0) is 12.8 Å². The largest absolute Gasteiger partial charge is 0.497 e. The van der Waals surface area contributed by atoms with Crippen LogP contribution in [0.25, 0.3) is 0 Å². The Morgan fingerprint density at radius 2 is 1.25 bits per heavy atom. The third-order valence-corrected chi connectivity index (χ3v) is 3.96. The Hall–Kier alpha value is -2.36. The molecule has 0 radical (unpaired) electrons. The molecular weight excluding hydrogens is 304 g/mol. The topological polar surface area (TPSA) is 36.9 Å². The van der Waals surface area contributed by atoms with Crippen molar-refractivity contribution in [1.82, 2.24) is 0 Å². The lowest BCUT2D eigenvalue weighted by molar-refractivity contribution is 0.332. The average Bonchev–Trinajstić information content (AvgIpc) is 2.63. The molecule has 0 atom stereocenters. The van der Waals surface area contributed by atoms with Crippen molar-refractivity contribution in [3.63, 3.8) is 0 Å². The molecule has 4 nitrogen and oxygen atoms in total. The van der Waals surface area contributed by atoms with Crippen LogP contribution in [0.15, 0.2) is 36.4 Å². The van der Waals surface area contributed by atoms with Crippen molar-refractivity contribution in [2.24, 2.45) is 0 Å². The number of rotatable bonds is 9. The van der Waals surface area contributed by atoms with E-state index in [4.69, 9.17) is 18.9 Å². The van der Waals surface area contributed by atoms with Gasteiger partial charge in [-0.2, -0.15) is 0 Å². The van der Waals surface area contributed by atoms with Gasteiger partial charge in [-0.25, -0.2) is 0 Å². The summed E-state index contributed by atoms with van der Waals surface area (Å²) >= 11 is 0. The number of methoxy groups -OCH3 is 3. The minimum atomic E-state index is 0.645. The summed E-state index contributed by atoms with van der Waals surface area (Å²) in [7, 11) is 5.02. The predicted octanol–water partition coefficient (Wildman–Crippen LogP) is 4.29. The van der Waals surface area contributed by atoms with Crippen molar-refractivity contribution < 1.29 is 18.9 Å². The summed E-state index contributed by atoms with van der Waals surface area (Å²) in [6.07, 6.45) is 2.88. The van der Waals surface area contributed by atoms with Crippen molar-refractivity contribution >= 4 is 0 Å². The summed E-state index contributed by atoms with van der Waals surface area (Å²) in [6.45, 7) is 2.64. The van der Waals surface area contributed by atoms with Gasteiger partial charge < -0.3 is 18.9 Å². The van der Waals surface area contributed by atoms with Crippen LogP contribution >= 0.6 is 0 Å². The van der Waals surface area contributed by atoms with Gasteiger partial charge in [0.25, 0.3) is 0 Å². The van der Waals surface area contributed by atoms with Crippen molar-refractivity contribution in [3.05, 3.63) is 47.5 Å². The van der Waals surface area contributed by atoms with Gasteiger partial charge in [0.1, 0.15) is 23.0 Å². The van der Waals surface area contributed by atoms with E-state index < -0.39 is 0 Å². The molecule has 2 rings (SSSR count). The molecule has 0 amide bonds. The lowest BCUT2D eigenvalue weighted by Gasteiger charge is -2.13. The molecule has 4 heteroatoms. The number of ether oxygens (including phenoxy) is 4. The van der Waals surface area contributed by atoms with E-state index in [-0.39, 0.29) is 0 Å². The summed E-state index contributed by atoms with van der Waals surface area (Å²) in [6, 6.07) is 12.0. The first-order valence-corrected chi connectivity index (χ1v) is 8.22. The number of aryl methyl sites for hydroxylation is 2. The SMILES string of the molecule is CCOc1cc(OC)ccc1CCCc1ccc(OC)cc1OC. The van der Waals surface area contributed by atoms with Gasteiger partial charge in [-0.3, -0.25) is 0 Å². The van der Waals surface area contributed by atoms with E-state index in [0.29, 0.717) is 6.61 Å². The van der Waals surface area contributed by atoms with Gasteiger partial charge in [0.05, 0.1) is 27.9 Å². The second-order valence-electron chi connectivity index (χ2n) is 5.44. The summed E-state index contributed by atoms with van der Waals surface area (Å²) in [5.74, 6) is 3.40. The molecule has 0 aliphatic heterocycles. The molecule has 0 fully saturated rings. The van der Waals surface area contributed by atoms with Crippen molar-refractivity contribution in [2.45, 2.75) is 26.2 Å². The molecule has 24 heavy (non-hydrogen) atoms. The molecule has 0 unspecified atom stereocenters. The Morgan fingerprint density at radius 3 is 1.75 bits per heavy atom. The molecule has 0 spiro atoms. The van der Waals surface area contributed by atoms with Gasteiger partial charge in [-0.1, -0.05) is 12.1 Å². The maximum absolute atomic E-state index is 5.74. The van der Waals surface area contributed by atoms with Gasteiger partial charge in [0.2, 0.25) is 0 Å². The van der Waals surface area contributed by atoms with Crippen LogP contribution in [0.2, 0.25) is 0 Å². The van der Waals surface area contributed by atoms with Crippen LogP contribution in [0.1, 0.15) is 24.5 Å². The standard InChI is InChI=1S/C20H26O4/c1-5-24-20-14-18(22-3)12-10-16(20)8-6-7-15-9-11-17(21-2)13-19(15)23-4/h9-14H,5-8H2,1-4H3. The highest BCUT2D eigenvalue weighted by Gasteiger charge is 2.08. The smallest absolute Gasteiger partial charge is 0.126 e. The Bertz CT molecular complexity index is 652. The Kier molecular flexibility index (Phi) is 6.79. The maximum Gasteiger partial charge on any atom is 0.126 e. The van der Waals surface area contributed by atoms with Crippen LogP contribution in [0, 0.1) is 0 Å². The zero-order valence-corrected chi connectivity index (χ0v) is 14.9. The third kappa shape index (κ3) is 4.57. The average molecular weight is 330 g/mol. The van der Waals surface area contributed by atoms with E-state index in [9.17, 15) is 0 Å². The molecule has 0 heterocycles. The predicted molar refractivity (Wildman–Crippen MR) is 95.7 cm³/mol. The summed E-state index contributed by atoms with van der Waals surface area (Å²) < 4.78 is 21.7. The molecular formula is C20H26O4. The van der Waals surface area contributed by atoms with Crippen LogP contribution in [0.3, 0.4) is 0 Å². The molecule has 0 bridgehead atoms. The fourth-order valence-corrected chi connectivity index (χ4v) is 2.69. The minimum absolute atomic E-state index is 0.645. The van der Waals surface area contributed by atoms with Gasteiger partial charge in [0, 0.05) is 12.1 Å². The number of benzene rings is 2. The molecule has 2 aromatic rings. The van der Waals surface area contributed by atoms with Crippen molar-refractivity contribution in [2.75, 3.05) is 27.9 Å². The monoisotopic (exact) mass is 330 g/mol. The minimum Gasteiger partial charge on any atom is -0.497 e. The molecule has 2 aromatic carbocycles. The zero-order chi connectivity index (χ0) is 17.4. The Morgan fingerprint density at radius 1 is 0.708 bits per heavy atom. The molecule has 0 saturated carbocycles. The fourth-order valence-electron chi connectivity index (χ4n) is 2.69. The quantitative estimate of drug-likeness (QED) is 0.687. The summed E-state index contributed by atoms with van der Waals surface area (Å²) in [5, 5.41) is 0. The second-order valence-corrected chi connectivity index (χ2v) is 5.44. The Labute approximate surface area is 144 Å². The molecule has 0 aliphatic rings. The molecule has 0 N–H and O–H groups in total. The van der Waals surface area contributed by atoms with Gasteiger partial charge in [0.15, 0.2) is 0 Å². The zero-order valence-electron chi connectivity index (χ0n) is 14.9. The third-order valence-electron chi connectivity index (χ3n) is 3.96. The van der Waals surface area contributed by atoms with Crippen LogP contribution in [-0.4, -0.2) is 27.9 Å². The van der Waals surface area contributed by atoms with Gasteiger partial charge >= 0.3 is 0 Å². The van der Waals surface area contributed by atoms with Crippen LogP contribution in [0.5, 0.6) is 23.0 Å². The molecule has 0 aliphatic carbocycles. The lowest BCUT2D eigenvalue weighted by atomic mass is 10.0. The molecule has 130 valence electrons. The fraction of sp³-hybridized carbons (Fsp3) is 0.400. The van der Waals surface area contributed by atoms with E-state index in [0.717, 1.165) is 42.3 Å².